The number of rotatable bonds is 3. The molecule has 1 aromatic carbocycles. The molecule has 2 fully saturated rings. The number of carbonyl (C=O) groups is 1. The third-order valence-electron chi connectivity index (χ3n) is 4.87. The highest BCUT2D eigenvalue weighted by atomic mass is 32.2. The third kappa shape index (κ3) is 2.60. The van der Waals surface area contributed by atoms with Crippen LogP contribution in [-0.2, 0) is 9.84 Å². The monoisotopic (exact) mass is 323 g/mol. The molecule has 2 bridgehead atoms. The average Bonchev–Trinajstić information content (AvgIpc) is 2.75. The van der Waals surface area contributed by atoms with Crippen LogP contribution >= 0.6 is 0 Å². The summed E-state index contributed by atoms with van der Waals surface area (Å²) in [6.07, 6.45) is 4.18. The maximum Gasteiger partial charge on any atom is 0.258 e. The Bertz CT molecular complexity index is 671. The van der Waals surface area contributed by atoms with Crippen LogP contribution in [0.25, 0.3) is 0 Å². The largest absolute Gasteiger partial charge is 0.496 e. The summed E-state index contributed by atoms with van der Waals surface area (Å²) in [6.45, 7) is 0. The van der Waals surface area contributed by atoms with Crippen molar-refractivity contribution in [3.8, 4) is 5.75 Å². The van der Waals surface area contributed by atoms with E-state index >= 15 is 0 Å². The van der Waals surface area contributed by atoms with Crippen molar-refractivity contribution in [2.24, 2.45) is 0 Å². The molecule has 0 spiro atoms. The van der Waals surface area contributed by atoms with E-state index in [4.69, 9.17) is 4.74 Å². The number of carbonyl (C=O) groups excluding carboxylic acids is 1. The molecule has 6 heteroatoms. The molecular formula is C16H21NO4S. The van der Waals surface area contributed by atoms with Crippen molar-refractivity contribution in [1.82, 2.24) is 4.90 Å². The number of amides is 1. The number of fused-ring (bicyclic) bond motifs is 2. The number of sulfone groups is 1. The number of piperidine rings is 1. The minimum atomic E-state index is -3.04. The second-order valence-corrected chi connectivity index (χ2v) is 8.55. The fourth-order valence-corrected chi connectivity index (χ4v) is 4.91. The summed E-state index contributed by atoms with van der Waals surface area (Å²) in [5.41, 5.74) is 0.555. The molecular weight excluding hydrogens is 302 g/mol. The Morgan fingerprint density at radius 3 is 2.32 bits per heavy atom. The van der Waals surface area contributed by atoms with E-state index in [-0.39, 0.29) is 23.2 Å². The number of hydrogen-bond donors (Lipinski definition) is 0. The van der Waals surface area contributed by atoms with Gasteiger partial charge in [0.2, 0.25) is 0 Å². The molecule has 120 valence electrons. The molecule has 5 nitrogen and oxygen atoms in total. The minimum Gasteiger partial charge on any atom is -0.496 e. The van der Waals surface area contributed by atoms with Crippen LogP contribution in [0, 0.1) is 0 Å². The topological polar surface area (TPSA) is 63.7 Å². The lowest BCUT2D eigenvalue weighted by molar-refractivity contribution is 0.0595. The molecule has 2 atom stereocenters. The van der Waals surface area contributed by atoms with E-state index in [2.05, 4.69) is 0 Å². The fraction of sp³-hybridized carbons (Fsp3) is 0.562. The molecule has 22 heavy (non-hydrogen) atoms. The Morgan fingerprint density at radius 2 is 1.77 bits per heavy atom. The zero-order valence-electron chi connectivity index (χ0n) is 12.9. The maximum absolute atomic E-state index is 12.9. The Labute approximate surface area is 131 Å². The first-order valence-electron chi connectivity index (χ1n) is 7.56. The van der Waals surface area contributed by atoms with Gasteiger partial charge in [-0.25, -0.2) is 8.42 Å². The molecule has 2 heterocycles. The summed E-state index contributed by atoms with van der Waals surface area (Å²) < 4.78 is 28.9. The van der Waals surface area contributed by atoms with Crippen molar-refractivity contribution >= 4 is 15.7 Å². The van der Waals surface area contributed by atoms with Crippen molar-refractivity contribution in [2.45, 2.75) is 43.0 Å². The summed E-state index contributed by atoms with van der Waals surface area (Å²) in [7, 11) is -1.49. The number of methoxy groups -OCH3 is 1. The first kappa shape index (κ1) is 15.3. The predicted molar refractivity (Wildman–Crippen MR) is 83.8 cm³/mol. The number of hydrogen-bond acceptors (Lipinski definition) is 4. The predicted octanol–water partition coefficient (Wildman–Crippen LogP) is 1.88. The minimum absolute atomic E-state index is 0.0240. The van der Waals surface area contributed by atoms with Gasteiger partial charge in [-0.2, -0.15) is 0 Å². The first-order chi connectivity index (χ1) is 10.4. The van der Waals surface area contributed by atoms with Gasteiger partial charge in [-0.3, -0.25) is 4.79 Å². The van der Waals surface area contributed by atoms with Gasteiger partial charge in [-0.15, -0.1) is 0 Å². The van der Waals surface area contributed by atoms with Gasteiger partial charge in [-0.05, 0) is 37.8 Å². The molecule has 2 aliphatic rings. The van der Waals surface area contributed by atoms with E-state index in [1.807, 2.05) is 17.0 Å². The van der Waals surface area contributed by atoms with Gasteiger partial charge >= 0.3 is 0 Å². The van der Waals surface area contributed by atoms with E-state index in [0.717, 1.165) is 12.8 Å². The van der Waals surface area contributed by atoms with E-state index in [9.17, 15) is 13.2 Å². The molecule has 0 radical (unpaired) electrons. The third-order valence-corrected chi connectivity index (χ3v) is 6.46. The lowest BCUT2D eigenvalue weighted by Gasteiger charge is -2.38. The molecule has 2 saturated heterocycles. The molecule has 2 aliphatic heterocycles. The van der Waals surface area contributed by atoms with Gasteiger partial charge in [0.25, 0.3) is 5.91 Å². The zero-order chi connectivity index (χ0) is 15.9. The summed E-state index contributed by atoms with van der Waals surface area (Å²) in [4.78, 5) is 14.8. The number of benzene rings is 1. The fourth-order valence-electron chi connectivity index (χ4n) is 3.77. The smallest absolute Gasteiger partial charge is 0.258 e. The van der Waals surface area contributed by atoms with Crippen LogP contribution in [0.3, 0.4) is 0 Å². The normalized spacial score (nSPS) is 27.7. The van der Waals surface area contributed by atoms with E-state index < -0.39 is 9.84 Å². The second kappa shape index (κ2) is 5.57. The van der Waals surface area contributed by atoms with Crippen molar-refractivity contribution in [3.05, 3.63) is 29.8 Å². The van der Waals surface area contributed by atoms with E-state index in [0.29, 0.717) is 24.2 Å². The first-order valence-corrected chi connectivity index (χ1v) is 9.52. The quantitative estimate of drug-likeness (QED) is 0.852. The highest BCUT2D eigenvalue weighted by molar-refractivity contribution is 7.91. The van der Waals surface area contributed by atoms with Crippen molar-refractivity contribution in [1.29, 1.82) is 0 Å². The van der Waals surface area contributed by atoms with Crippen molar-refractivity contribution in [2.75, 3.05) is 13.4 Å². The van der Waals surface area contributed by atoms with Crippen LogP contribution in [-0.4, -0.2) is 49.9 Å². The highest BCUT2D eigenvalue weighted by Crippen LogP contribution is 2.39. The van der Waals surface area contributed by atoms with Gasteiger partial charge in [0.05, 0.1) is 17.9 Å². The lowest BCUT2D eigenvalue weighted by Crippen LogP contribution is -2.49. The van der Waals surface area contributed by atoms with Crippen molar-refractivity contribution < 1.29 is 17.9 Å². The van der Waals surface area contributed by atoms with Crippen LogP contribution in [0.1, 0.15) is 36.0 Å². The van der Waals surface area contributed by atoms with Gasteiger partial charge in [0, 0.05) is 18.3 Å². The highest BCUT2D eigenvalue weighted by Gasteiger charge is 2.46. The summed E-state index contributed by atoms with van der Waals surface area (Å²) in [5, 5.41) is -0.313. The zero-order valence-corrected chi connectivity index (χ0v) is 13.7. The van der Waals surface area contributed by atoms with Crippen LogP contribution in [0.5, 0.6) is 5.75 Å². The van der Waals surface area contributed by atoms with Gasteiger partial charge < -0.3 is 9.64 Å². The average molecular weight is 323 g/mol. The molecule has 0 saturated carbocycles. The van der Waals surface area contributed by atoms with Gasteiger partial charge in [-0.1, -0.05) is 12.1 Å². The van der Waals surface area contributed by atoms with E-state index in [1.165, 1.54) is 6.26 Å². The Morgan fingerprint density at radius 1 is 1.18 bits per heavy atom. The Balaban J connectivity index is 1.87. The maximum atomic E-state index is 12.9. The molecule has 1 amide bonds. The van der Waals surface area contributed by atoms with Crippen LogP contribution in [0.2, 0.25) is 0 Å². The van der Waals surface area contributed by atoms with Crippen LogP contribution in [0.15, 0.2) is 24.3 Å². The molecule has 0 aromatic heterocycles. The summed E-state index contributed by atoms with van der Waals surface area (Å²) >= 11 is 0. The Kier molecular flexibility index (Phi) is 3.89. The lowest BCUT2D eigenvalue weighted by atomic mass is 10.0. The SMILES string of the molecule is COc1ccccc1C(=O)N1C2CCC1CC(S(C)(=O)=O)C2. The van der Waals surface area contributed by atoms with Crippen molar-refractivity contribution in [3.63, 3.8) is 0 Å². The molecule has 0 aliphatic carbocycles. The molecule has 3 rings (SSSR count). The number of ether oxygens (including phenoxy) is 1. The summed E-state index contributed by atoms with van der Waals surface area (Å²) in [5.74, 6) is 0.522. The van der Waals surface area contributed by atoms with Crippen LogP contribution in [0.4, 0.5) is 0 Å². The van der Waals surface area contributed by atoms with Crippen LogP contribution < -0.4 is 4.74 Å². The number of nitrogens with zero attached hydrogens (tertiary/aromatic N) is 1. The number of para-hydroxylation sites is 1. The van der Waals surface area contributed by atoms with Gasteiger partial charge in [0.1, 0.15) is 15.6 Å². The second-order valence-electron chi connectivity index (χ2n) is 6.22. The molecule has 0 N–H and O–H groups in total. The van der Waals surface area contributed by atoms with Gasteiger partial charge in [0.15, 0.2) is 0 Å². The molecule has 1 aromatic rings. The Hall–Kier alpha value is -1.56. The summed E-state index contributed by atoms with van der Waals surface area (Å²) in [6, 6.07) is 7.25. The molecule has 2 unspecified atom stereocenters. The van der Waals surface area contributed by atoms with E-state index in [1.54, 1.807) is 19.2 Å². The standard InChI is InChI=1S/C16H21NO4S/c1-21-15-6-4-3-5-14(15)16(18)17-11-7-8-12(17)10-13(9-11)22(2,19)20/h3-6,11-13H,7-10H2,1-2H3.